The number of rotatable bonds is 5. The molecule has 1 aromatic carbocycles. The highest BCUT2D eigenvalue weighted by Gasteiger charge is 2.10. The molecule has 0 unspecified atom stereocenters. The smallest absolute Gasteiger partial charge is 0.111 e. The number of imidazole rings is 1. The van der Waals surface area contributed by atoms with Gasteiger partial charge in [0, 0.05) is 28.6 Å². The average molecular weight is 415 g/mol. The topological polar surface area (TPSA) is 35.6 Å². The first-order chi connectivity index (χ1) is 10.2. The Kier molecular flexibility index (Phi) is 4.49. The summed E-state index contributed by atoms with van der Waals surface area (Å²) in [5.74, 6) is 1.63. The van der Waals surface area contributed by atoms with Gasteiger partial charge >= 0.3 is 0 Å². The number of alkyl halides is 1. The highest BCUT2D eigenvalue weighted by molar-refractivity contribution is 14.1. The van der Waals surface area contributed by atoms with Gasteiger partial charge in [-0.05, 0) is 53.3 Å². The lowest BCUT2D eigenvalue weighted by Crippen LogP contribution is -2.11. The van der Waals surface area contributed by atoms with E-state index in [-0.39, 0.29) is 0 Å². The van der Waals surface area contributed by atoms with Crippen molar-refractivity contribution in [2.75, 3.05) is 5.88 Å². The minimum atomic E-state index is 0.585. The zero-order chi connectivity index (χ0) is 14.8. The van der Waals surface area contributed by atoms with Gasteiger partial charge in [-0.15, -0.1) is 11.6 Å². The fourth-order valence-corrected chi connectivity index (χ4v) is 3.11. The molecule has 2 aromatic heterocycles. The molecule has 0 radical (unpaired) electrons. The first kappa shape index (κ1) is 14.8. The fourth-order valence-electron chi connectivity index (χ4n) is 2.47. The highest BCUT2D eigenvalue weighted by atomic mass is 127. The number of nitrogens with zero attached hydrogens (tertiary/aromatic N) is 4. The van der Waals surface area contributed by atoms with Crippen LogP contribution in [0.3, 0.4) is 0 Å². The summed E-state index contributed by atoms with van der Waals surface area (Å²) < 4.78 is 5.42. The van der Waals surface area contributed by atoms with Crippen LogP contribution in [0, 0.1) is 10.5 Å². The summed E-state index contributed by atoms with van der Waals surface area (Å²) in [6.45, 7) is 3.74. The highest BCUT2D eigenvalue weighted by Crippen LogP contribution is 2.20. The number of fused-ring (bicyclic) bond motifs is 1. The Bertz CT molecular complexity index is 762. The second-order valence-electron chi connectivity index (χ2n) is 5.03. The van der Waals surface area contributed by atoms with Crippen LogP contribution in [0.4, 0.5) is 0 Å². The van der Waals surface area contributed by atoms with Gasteiger partial charge < -0.3 is 4.57 Å². The number of benzene rings is 1. The maximum absolute atomic E-state index is 5.91. The minimum absolute atomic E-state index is 0.585. The van der Waals surface area contributed by atoms with E-state index in [0.717, 1.165) is 30.9 Å². The van der Waals surface area contributed by atoms with Crippen molar-refractivity contribution in [3.63, 3.8) is 0 Å². The van der Waals surface area contributed by atoms with Crippen molar-refractivity contribution in [2.45, 2.75) is 26.4 Å². The standard InChI is InChI=1S/C15H16ClIN4/c1-11-9-18-20(10-11)6-7-21-14-3-2-12(17)8-13(14)19-15(21)4-5-16/h2-3,8-10H,4-7H2,1H3. The van der Waals surface area contributed by atoms with Gasteiger partial charge in [0.25, 0.3) is 0 Å². The summed E-state index contributed by atoms with van der Waals surface area (Å²) in [6.07, 6.45) is 4.72. The maximum Gasteiger partial charge on any atom is 0.111 e. The predicted molar refractivity (Wildman–Crippen MR) is 93.8 cm³/mol. The summed E-state index contributed by atoms with van der Waals surface area (Å²) in [6, 6.07) is 6.36. The van der Waals surface area contributed by atoms with Crippen LogP contribution in [-0.2, 0) is 19.5 Å². The van der Waals surface area contributed by atoms with Crippen LogP contribution < -0.4 is 0 Å². The van der Waals surface area contributed by atoms with E-state index in [9.17, 15) is 0 Å². The summed E-state index contributed by atoms with van der Waals surface area (Å²) >= 11 is 8.23. The zero-order valence-electron chi connectivity index (χ0n) is 11.8. The van der Waals surface area contributed by atoms with Crippen LogP contribution in [0.5, 0.6) is 0 Å². The van der Waals surface area contributed by atoms with E-state index in [1.54, 1.807) is 0 Å². The van der Waals surface area contributed by atoms with Crippen LogP contribution in [0.15, 0.2) is 30.6 Å². The van der Waals surface area contributed by atoms with Gasteiger partial charge in [0.2, 0.25) is 0 Å². The summed E-state index contributed by atoms with van der Waals surface area (Å²) in [4.78, 5) is 4.72. The molecular formula is C15H16ClIN4. The molecular weight excluding hydrogens is 399 g/mol. The lowest BCUT2D eigenvalue weighted by Gasteiger charge is -2.08. The first-order valence-electron chi connectivity index (χ1n) is 6.87. The van der Waals surface area contributed by atoms with E-state index in [0.29, 0.717) is 5.88 Å². The zero-order valence-corrected chi connectivity index (χ0v) is 14.7. The second-order valence-corrected chi connectivity index (χ2v) is 6.66. The Morgan fingerprint density at radius 3 is 2.86 bits per heavy atom. The number of halogens is 2. The lowest BCUT2D eigenvalue weighted by atomic mass is 10.3. The molecule has 2 heterocycles. The Labute approximate surface area is 142 Å². The molecule has 0 aliphatic rings. The van der Waals surface area contributed by atoms with Crippen LogP contribution in [0.1, 0.15) is 11.4 Å². The van der Waals surface area contributed by atoms with Crippen molar-refractivity contribution in [1.29, 1.82) is 0 Å². The number of hydrogen-bond donors (Lipinski definition) is 0. The van der Waals surface area contributed by atoms with Crippen molar-refractivity contribution in [3.8, 4) is 0 Å². The molecule has 3 rings (SSSR count). The summed E-state index contributed by atoms with van der Waals surface area (Å²) in [5.41, 5.74) is 3.39. The Morgan fingerprint density at radius 1 is 1.29 bits per heavy atom. The van der Waals surface area contributed by atoms with E-state index >= 15 is 0 Å². The van der Waals surface area contributed by atoms with Crippen molar-refractivity contribution in [2.24, 2.45) is 0 Å². The Balaban J connectivity index is 1.92. The molecule has 110 valence electrons. The molecule has 4 nitrogen and oxygen atoms in total. The second kappa shape index (κ2) is 6.36. The first-order valence-corrected chi connectivity index (χ1v) is 8.48. The SMILES string of the molecule is Cc1cnn(CCn2c(CCCl)nc3cc(I)ccc32)c1. The van der Waals surface area contributed by atoms with Crippen molar-refractivity contribution in [3.05, 3.63) is 45.6 Å². The van der Waals surface area contributed by atoms with Crippen molar-refractivity contribution < 1.29 is 0 Å². The molecule has 0 fully saturated rings. The molecule has 0 saturated heterocycles. The van der Waals surface area contributed by atoms with Gasteiger partial charge in [0.15, 0.2) is 0 Å². The van der Waals surface area contributed by atoms with Crippen LogP contribution in [0.2, 0.25) is 0 Å². The molecule has 3 aromatic rings. The number of aryl methyl sites for hydroxylation is 4. The molecule has 0 atom stereocenters. The van der Waals surface area contributed by atoms with Gasteiger partial charge in [-0.25, -0.2) is 4.98 Å². The van der Waals surface area contributed by atoms with Gasteiger partial charge in [-0.2, -0.15) is 5.10 Å². The predicted octanol–water partition coefficient (Wildman–Crippen LogP) is 3.63. The van der Waals surface area contributed by atoms with Gasteiger partial charge in [-0.1, -0.05) is 0 Å². The van der Waals surface area contributed by atoms with E-state index in [2.05, 4.69) is 63.6 Å². The Hall–Kier alpha value is -1.08. The summed E-state index contributed by atoms with van der Waals surface area (Å²) in [7, 11) is 0. The van der Waals surface area contributed by atoms with Crippen LogP contribution in [0.25, 0.3) is 11.0 Å². The normalized spacial score (nSPS) is 11.4. The third-order valence-corrected chi connectivity index (χ3v) is 4.28. The largest absolute Gasteiger partial charge is 0.326 e. The van der Waals surface area contributed by atoms with Gasteiger partial charge in [0.05, 0.1) is 23.8 Å². The third-order valence-electron chi connectivity index (χ3n) is 3.42. The van der Waals surface area contributed by atoms with Crippen LogP contribution >= 0.6 is 34.2 Å². The van der Waals surface area contributed by atoms with Crippen LogP contribution in [-0.4, -0.2) is 25.2 Å². The van der Waals surface area contributed by atoms with E-state index in [1.165, 1.54) is 14.7 Å². The molecule has 0 spiro atoms. The molecule has 0 aliphatic heterocycles. The number of hydrogen-bond acceptors (Lipinski definition) is 2. The monoisotopic (exact) mass is 414 g/mol. The van der Waals surface area contributed by atoms with E-state index in [4.69, 9.17) is 16.6 Å². The molecule has 6 heteroatoms. The lowest BCUT2D eigenvalue weighted by molar-refractivity contribution is 0.529. The quantitative estimate of drug-likeness (QED) is 0.472. The Morgan fingerprint density at radius 2 is 2.14 bits per heavy atom. The summed E-state index contributed by atoms with van der Waals surface area (Å²) in [5, 5.41) is 4.34. The number of aromatic nitrogens is 4. The van der Waals surface area contributed by atoms with Crippen molar-refractivity contribution >= 4 is 45.2 Å². The maximum atomic E-state index is 5.91. The molecule has 21 heavy (non-hydrogen) atoms. The minimum Gasteiger partial charge on any atom is -0.326 e. The third kappa shape index (κ3) is 3.23. The molecule has 0 N–H and O–H groups in total. The average Bonchev–Trinajstić information content (AvgIpc) is 3.00. The van der Waals surface area contributed by atoms with E-state index < -0.39 is 0 Å². The van der Waals surface area contributed by atoms with Gasteiger partial charge in [0.1, 0.15) is 5.82 Å². The van der Waals surface area contributed by atoms with Gasteiger partial charge in [-0.3, -0.25) is 4.68 Å². The molecule has 0 bridgehead atoms. The van der Waals surface area contributed by atoms with E-state index in [1.807, 2.05) is 10.9 Å². The fraction of sp³-hybridized carbons (Fsp3) is 0.333. The van der Waals surface area contributed by atoms with Crippen molar-refractivity contribution in [1.82, 2.24) is 19.3 Å². The molecule has 0 saturated carbocycles. The molecule has 0 amide bonds. The molecule has 0 aliphatic carbocycles.